The predicted molar refractivity (Wildman–Crippen MR) is 127 cm³/mol. The van der Waals surface area contributed by atoms with E-state index in [0.717, 1.165) is 38.4 Å². The lowest BCUT2D eigenvalue weighted by Gasteiger charge is -2.26. The molecule has 2 amide bonds. The molecule has 0 aliphatic carbocycles. The van der Waals surface area contributed by atoms with Crippen LogP contribution >= 0.6 is 23.2 Å². The van der Waals surface area contributed by atoms with Gasteiger partial charge in [-0.3, -0.25) is 14.5 Å². The van der Waals surface area contributed by atoms with Crippen molar-refractivity contribution >= 4 is 35.0 Å². The average Bonchev–Trinajstić information content (AvgIpc) is 2.77. The van der Waals surface area contributed by atoms with Gasteiger partial charge in [-0.2, -0.15) is 0 Å². The number of amides is 2. The Labute approximate surface area is 199 Å². The van der Waals surface area contributed by atoms with E-state index in [9.17, 15) is 9.59 Å². The molecule has 1 aliphatic rings. The van der Waals surface area contributed by atoms with Crippen molar-refractivity contribution in [3.63, 3.8) is 0 Å². The number of nitrogens with one attached hydrogen (secondary N) is 2. The number of ether oxygens (including phenoxy) is 1. The van der Waals surface area contributed by atoms with E-state index in [1.54, 1.807) is 12.1 Å². The van der Waals surface area contributed by atoms with Crippen LogP contribution in [0.5, 0.6) is 0 Å². The summed E-state index contributed by atoms with van der Waals surface area (Å²) in [5.41, 5.74) is 2.51. The molecule has 0 radical (unpaired) electrons. The number of nitrogens with zero attached hydrogens (tertiary/aromatic N) is 1. The Morgan fingerprint density at radius 1 is 1.03 bits per heavy atom. The van der Waals surface area contributed by atoms with Crippen LogP contribution in [-0.2, 0) is 22.6 Å². The summed E-state index contributed by atoms with van der Waals surface area (Å²) in [5.74, 6) is -0.746. The van der Waals surface area contributed by atoms with Crippen molar-refractivity contribution in [3.8, 4) is 0 Å². The Morgan fingerprint density at radius 3 is 2.31 bits per heavy atom. The minimum Gasteiger partial charge on any atom is -0.379 e. The van der Waals surface area contributed by atoms with Crippen molar-refractivity contribution in [2.75, 3.05) is 26.3 Å². The fourth-order valence-corrected chi connectivity index (χ4v) is 4.00. The van der Waals surface area contributed by atoms with E-state index >= 15 is 0 Å². The lowest BCUT2D eigenvalue weighted by Crippen LogP contribution is -2.49. The molecule has 8 heteroatoms. The van der Waals surface area contributed by atoms with Crippen LogP contribution in [0, 0.1) is 5.92 Å². The number of hydrogen-bond acceptors (Lipinski definition) is 4. The standard InChI is InChI=1S/C24H29Cl2N3O3/c1-16(2)22(28-23(30)20-8-7-19(25)13-21(20)26)24(31)27-14-17-3-5-18(6-4-17)15-29-9-11-32-12-10-29/h3-8,13,16,22H,9-12,14-15H2,1-2H3,(H,27,31)(H,28,30)/t22-/m1/s1. The van der Waals surface area contributed by atoms with Crippen molar-refractivity contribution in [2.45, 2.75) is 33.0 Å². The molecule has 0 aromatic heterocycles. The maximum atomic E-state index is 12.8. The first-order chi connectivity index (χ1) is 15.3. The SMILES string of the molecule is CC(C)[C@@H](NC(=O)c1ccc(Cl)cc1Cl)C(=O)NCc1ccc(CN2CCOCC2)cc1. The predicted octanol–water partition coefficient (Wildman–Crippen LogP) is 3.90. The molecule has 0 spiro atoms. The summed E-state index contributed by atoms with van der Waals surface area (Å²) in [7, 11) is 0. The second-order valence-electron chi connectivity index (χ2n) is 8.24. The maximum absolute atomic E-state index is 12.8. The highest BCUT2D eigenvalue weighted by Gasteiger charge is 2.25. The molecule has 2 aromatic carbocycles. The normalized spacial score (nSPS) is 15.4. The van der Waals surface area contributed by atoms with Gasteiger partial charge in [0.15, 0.2) is 0 Å². The summed E-state index contributed by atoms with van der Waals surface area (Å²) in [5, 5.41) is 6.41. The minimum absolute atomic E-state index is 0.0964. The molecule has 2 aromatic rings. The Kier molecular flexibility index (Phi) is 8.93. The maximum Gasteiger partial charge on any atom is 0.253 e. The Bertz CT molecular complexity index is 929. The van der Waals surface area contributed by atoms with Crippen molar-refractivity contribution in [1.82, 2.24) is 15.5 Å². The highest BCUT2D eigenvalue weighted by molar-refractivity contribution is 6.36. The van der Waals surface area contributed by atoms with Gasteiger partial charge in [0, 0.05) is 31.2 Å². The van der Waals surface area contributed by atoms with E-state index < -0.39 is 11.9 Å². The van der Waals surface area contributed by atoms with Gasteiger partial charge in [0.05, 0.1) is 23.8 Å². The molecule has 32 heavy (non-hydrogen) atoms. The molecule has 1 saturated heterocycles. The van der Waals surface area contributed by atoms with Gasteiger partial charge in [0.1, 0.15) is 6.04 Å². The number of benzene rings is 2. The van der Waals surface area contributed by atoms with Gasteiger partial charge in [-0.1, -0.05) is 61.3 Å². The van der Waals surface area contributed by atoms with Crippen LogP contribution < -0.4 is 10.6 Å². The van der Waals surface area contributed by atoms with Crippen LogP contribution in [0.25, 0.3) is 0 Å². The lowest BCUT2D eigenvalue weighted by molar-refractivity contribution is -0.124. The molecule has 1 aliphatic heterocycles. The van der Waals surface area contributed by atoms with E-state index in [1.807, 2.05) is 26.0 Å². The van der Waals surface area contributed by atoms with Gasteiger partial charge < -0.3 is 15.4 Å². The molecule has 1 heterocycles. The zero-order valence-electron chi connectivity index (χ0n) is 18.4. The molecule has 0 bridgehead atoms. The monoisotopic (exact) mass is 477 g/mol. The van der Waals surface area contributed by atoms with E-state index in [4.69, 9.17) is 27.9 Å². The summed E-state index contributed by atoms with van der Waals surface area (Å²) < 4.78 is 5.39. The van der Waals surface area contributed by atoms with Crippen LogP contribution in [0.4, 0.5) is 0 Å². The molecule has 2 N–H and O–H groups in total. The van der Waals surface area contributed by atoms with Crippen molar-refractivity contribution in [2.24, 2.45) is 5.92 Å². The smallest absolute Gasteiger partial charge is 0.253 e. The molecule has 0 saturated carbocycles. The third-order valence-electron chi connectivity index (χ3n) is 5.41. The Morgan fingerprint density at radius 2 is 1.69 bits per heavy atom. The summed E-state index contributed by atoms with van der Waals surface area (Å²) in [4.78, 5) is 27.8. The van der Waals surface area contributed by atoms with Crippen molar-refractivity contribution in [3.05, 3.63) is 69.2 Å². The van der Waals surface area contributed by atoms with E-state index in [-0.39, 0.29) is 22.4 Å². The molecule has 0 unspecified atom stereocenters. The summed E-state index contributed by atoms with van der Waals surface area (Å²) in [6.45, 7) is 8.50. The molecular weight excluding hydrogens is 449 g/mol. The number of carbonyl (C=O) groups excluding carboxylic acids is 2. The van der Waals surface area contributed by atoms with E-state index in [0.29, 0.717) is 11.6 Å². The summed E-state index contributed by atoms with van der Waals surface area (Å²) in [6.07, 6.45) is 0. The number of halogens is 2. The first kappa shape index (κ1) is 24.5. The van der Waals surface area contributed by atoms with Gasteiger partial charge in [-0.25, -0.2) is 0 Å². The topological polar surface area (TPSA) is 70.7 Å². The quantitative estimate of drug-likeness (QED) is 0.604. The third-order valence-corrected chi connectivity index (χ3v) is 5.96. The minimum atomic E-state index is -0.685. The largest absolute Gasteiger partial charge is 0.379 e. The van der Waals surface area contributed by atoms with Gasteiger partial charge >= 0.3 is 0 Å². The molecular formula is C24H29Cl2N3O3. The van der Waals surface area contributed by atoms with Crippen molar-refractivity contribution < 1.29 is 14.3 Å². The van der Waals surface area contributed by atoms with E-state index in [2.05, 4.69) is 27.7 Å². The molecule has 1 fully saturated rings. The van der Waals surface area contributed by atoms with Crippen LogP contribution in [0.1, 0.15) is 35.3 Å². The number of hydrogen-bond donors (Lipinski definition) is 2. The Hall–Kier alpha value is -2.12. The summed E-state index contributed by atoms with van der Waals surface area (Å²) >= 11 is 12.0. The third kappa shape index (κ3) is 6.94. The van der Waals surface area contributed by atoms with Gasteiger partial charge in [-0.05, 0) is 35.2 Å². The number of morpholine rings is 1. The van der Waals surface area contributed by atoms with Crippen LogP contribution in [-0.4, -0.2) is 49.1 Å². The second kappa shape index (κ2) is 11.7. The average molecular weight is 478 g/mol. The second-order valence-corrected chi connectivity index (χ2v) is 9.09. The van der Waals surface area contributed by atoms with Crippen LogP contribution in [0.2, 0.25) is 10.0 Å². The molecule has 6 nitrogen and oxygen atoms in total. The number of carbonyl (C=O) groups is 2. The summed E-state index contributed by atoms with van der Waals surface area (Å²) in [6, 6.07) is 12.2. The number of rotatable bonds is 8. The molecule has 1 atom stereocenters. The first-order valence-corrected chi connectivity index (χ1v) is 11.5. The Balaban J connectivity index is 1.54. The molecule has 172 valence electrons. The van der Waals surface area contributed by atoms with Gasteiger partial charge in [-0.15, -0.1) is 0 Å². The van der Waals surface area contributed by atoms with Gasteiger partial charge in [0.2, 0.25) is 5.91 Å². The molecule has 3 rings (SSSR count). The van der Waals surface area contributed by atoms with E-state index in [1.165, 1.54) is 11.6 Å². The van der Waals surface area contributed by atoms with Crippen LogP contribution in [0.3, 0.4) is 0 Å². The fraction of sp³-hybridized carbons (Fsp3) is 0.417. The lowest BCUT2D eigenvalue weighted by atomic mass is 10.0. The zero-order chi connectivity index (χ0) is 23.1. The fourth-order valence-electron chi connectivity index (χ4n) is 3.51. The highest BCUT2D eigenvalue weighted by Crippen LogP contribution is 2.21. The highest BCUT2D eigenvalue weighted by atomic mass is 35.5. The first-order valence-electron chi connectivity index (χ1n) is 10.7. The van der Waals surface area contributed by atoms with Crippen LogP contribution in [0.15, 0.2) is 42.5 Å². The zero-order valence-corrected chi connectivity index (χ0v) is 19.9. The van der Waals surface area contributed by atoms with Gasteiger partial charge in [0.25, 0.3) is 5.91 Å². The van der Waals surface area contributed by atoms with Crippen molar-refractivity contribution in [1.29, 1.82) is 0 Å².